The summed E-state index contributed by atoms with van der Waals surface area (Å²) in [7, 11) is 1.43. The summed E-state index contributed by atoms with van der Waals surface area (Å²) >= 11 is 1.88. The number of thioether (sulfide) groups is 1. The fourth-order valence-electron chi connectivity index (χ4n) is 2.69. The molecule has 112 valence electrons. The van der Waals surface area contributed by atoms with E-state index >= 15 is 0 Å². The van der Waals surface area contributed by atoms with E-state index in [1.807, 2.05) is 36.0 Å². The molecule has 1 aromatic rings. The Morgan fingerprint density at radius 3 is 3.14 bits per heavy atom. The summed E-state index contributed by atoms with van der Waals surface area (Å²) in [6.07, 6.45) is 0.422. The minimum Gasteiger partial charge on any atom is -0.469 e. The van der Waals surface area contributed by atoms with Crippen molar-refractivity contribution >= 4 is 17.7 Å². The Morgan fingerprint density at radius 1 is 1.62 bits per heavy atom. The predicted molar refractivity (Wildman–Crippen MR) is 84.0 cm³/mol. The molecule has 0 aliphatic carbocycles. The van der Waals surface area contributed by atoms with Gasteiger partial charge in [-0.15, -0.1) is 0 Å². The van der Waals surface area contributed by atoms with Gasteiger partial charge in [0.05, 0.1) is 25.2 Å². The lowest BCUT2D eigenvalue weighted by Crippen LogP contribution is -2.45. The van der Waals surface area contributed by atoms with E-state index in [1.54, 1.807) is 0 Å². The number of esters is 1. The van der Waals surface area contributed by atoms with Gasteiger partial charge >= 0.3 is 5.97 Å². The van der Waals surface area contributed by atoms with Gasteiger partial charge in [-0.2, -0.15) is 17.0 Å². The van der Waals surface area contributed by atoms with E-state index in [2.05, 4.69) is 17.9 Å². The molecule has 0 bridgehead atoms. The van der Waals surface area contributed by atoms with Gasteiger partial charge in [-0.1, -0.05) is 12.1 Å². The fraction of sp³-hybridized carbons (Fsp3) is 0.500. The summed E-state index contributed by atoms with van der Waals surface area (Å²) in [4.78, 5) is 13.9. The Kier molecular flexibility index (Phi) is 5.66. The molecule has 1 heterocycles. The number of ether oxygens (including phenoxy) is 1. The molecule has 0 radical (unpaired) electrons. The number of hydrogen-bond donors (Lipinski definition) is 0. The smallest absolute Gasteiger partial charge is 0.307 e. The number of carbonyl (C=O) groups excluding carboxylic acids is 1. The quantitative estimate of drug-likeness (QED) is 0.800. The summed E-state index contributed by atoms with van der Waals surface area (Å²) in [5.74, 6) is 1.85. The van der Waals surface area contributed by atoms with Crippen LogP contribution in [0.2, 0.25) is 0 Å². The third kappa shape index (κ3) is 3.99. The number of carbonyl (C=O) groups is 1. The molecule has 1 aliphatic heterocycles. The van der Waals surface area contributed by atoms with E-state index in [9.17, 15) is 4.79 Å². The van der Waals surface area contributed by atoms with Crippen LogP contribution in [0, 0.1) is 11.3 Å². The second kappa shape index (κ2) is 7.48. The number of nitriles is 1. The molecule has 0 aromatic heterocycles. The van der Waals surface area contributed by atoms with Crippen LogP contribution in [0.3, 0.4) is 0 Å². The average Bonchev–Trinajstić information content (AvgIpc) is 2.54. The van der Waals surface area contributed by atoms with E-state index in [1.165, 1.54) is 7.11 Å². The van der Waals surface area contributed by atoms with Gasteiger partial charge in [0.15, 0.2) is 0 Å². The monoisotopic (exact) mass is 304 g/mol. The maximum Gasteiger partial charge on any atom is 0.307 e. The van der Waals surface area contributed by atoms with Crippen LogP contribution >= 0.6 is 11.8 Å². The van der Waals surface area contributed by atoms with Crippen LogP contribution in [0.4, 0.5) is 0 Å². The fourth-order valence-corrected chi connectivity index (χ4v) is 3.78. The first-order valence-corrected chi connectivity index (χ1v) is 8.21. The largest absolute Gasteiger partial charge is 0.469 e. The number of nitrogens with zero attached hydrogens (tertiary/aromatic N) is 2. The van der Waals surface area contributed by atoms with Crippen LogP contribution in [0.5, 0.6) is 0 Å². The van der Waals surface area contributed by atoms with E-state index in [0.29, 0.717) is 12.0 Å². The zero-order chi connectivity index (χ0) is 15.2. The molecule has 2 rings (SSSR count). The van der Waals surface area contributed by atoms with E-state index < -0.39 is 0 Å². The first kappa shape index (κ1) is 15.9. The molecule has 5 heteroatoms. The van der Waals surface area contributed by atoms with Crippen molar-refractivity contribution in [1.29, 1.82) is 5.26 Å². The lowest BCUT2D eigenvalue weighted by Gasteiger charge is -2.39. The Bertz CT molecular complexity index is 541. The third-order valence-corrected chi connectivity index (χ3v) is 4.99. The number of hydrogen-bond acceptors (Lipinski definition) is 5. The molecule has 0 spiro atoms. The molecule has 1 saturated heterocycles. The number of benzene rings is 1. The van der Waals surface area contributed by atoms with Crippen LogP contribution in [-0.2, 0) is 9.53 Å². The summed E-state index contributed by atoms with van der Waals surface area (Å²) in [6, 6.07) is 10.3. The summed E-state index contributed by atoms with van der Waals surface area (Å²) < 4.78 is 4.81. The van der Waals surface area contributed by atoms with Gasteiger partial charge in [-0.3, -0.25) is 9.69 Å². The SMILES string of the molecule is COC(=O)C[C@@H]1CSCCN1[C@H](C)c1cccc(C#N)c1. The van der Waals surface area contributed by atoms with Crippen molar-refractivity contribution in [3.8, 4) is 6.07 Å². The molecule has 0 N–H and O–H groups in total. The second-order valence-electron chi connectivity index (χ2n) is 5.16. The van der Waals surface area contributed by atoms with Gasteiger partial charge in [0.25, 0.3) is 0 Å². The molecule has 0 unspecified atom stereocenters. The second-order valence-corrected chi connectivity index (χ2v) is 6.31. The van der Waals surface area contributed by atoms with Crippen LogP contribution < -0.4 is 0 Å². The minimum atomic E-state index is -0.162. The van der Waals surface area contributed by atoms with Crippen LogP contribution in [0.25, 0.3) is 0 Å². The highest BCUT2D eigenvalue weighted by Crippen LogP contribution is 2.29. The average molecular weight is 304 g/mol. The van der Waals surface area contributed by atoms with Gasteiger partial charge in [-0.05, 0) is 24.6 Å². The minimum absolute atomic E-state index is 0.162. The predicted octanol–water partition coefficient (Wildman–Crippen LogP) is 2.60. The van der Waals surface area contributed by atoms with E-state index in [4.69, 9.17) is 10.00 Å². The van der Waals surface area contributed by atoms with Crippen molar-refractivity contribution in [2.45, 2.75) is 25.4 Å². The highest BCUT2D eigenvalue weighted by molar-refractivity contribution is 7.99. The van der Waals surface area contributed by atoms with E-state index in [-0.39, 0.29) is 18.1 Å². The summed E-state index contributed by atoms with van der Waals surface area (Å²) in [5.41, 5.74) is 1.80. The van der Waals surface area contributed by atoms with Crippen LogP contribution in [-0.4, -0.2) is 42.1 Å². The van der Waals surface area contributed by atoms with Crippen molar-refractivity contribution in [1.82, 2.24) is 4.90 Å². The Labute approximate surface area is 130 Å². The highest BCUT2D eigenvalue weighted by atomic mass is 32.2. The summed E-state index contributed by atoms with van der Waals surface area (Å²) in [6.45, 7) is 3.08. The van der Waals surface area contributed by atoms with Crippen molar-refractivity contribution in [3.05, 3.63) is 35.4 Å². The Morgan fingerprint density at radius 2 is 2.43 bits per heavy atom. The van der Waals surface area contributed by atoms with Crippen LogP contribution in [0.15, 0.2) is 24.3 Å². The maximum absolute atomic E-state index is 11.6. The molecule has 0 saturated carbocycles. The molecule has 1 aliphatic rings. The van der Waals surface area contributed by atoms with Gasteiger partial charge < -0.3 is 4.74 Å². The molecule has 0 amide bonds. The van der Waals surface area contributed by atoms with Crippen molar-refractivity contribution in [2.24, 2.45) is 0 Å². The van der Waals surface area contributed by atoms with Gasteiger partial charge in [0, 0.05) is 30.1 Å². The lowest BCUT2D eigenvalue weighted by molar-refractivity contribution is -0.142. The van der Waals surface area contributed by atoms with Gasteiger partial charge in [-0.25, -0.2) is 0 Å². The van der Waals surface area contributed by atoms with Gasteiger partial charge in [0.2, 0.25) is 0 Å². The van der Waals surface area contributed by atoms with Crippen molar-refractivity contribution in [2.75, 3.05) is 25.2 Å². The molecule has 4 nitrogen and oxygen atoms in total. The van der Waals surface area contributed by atoms with Crippen molar-refractivity contribution in [3.63, 3.8) is 0 Å². The first-order valence-electron chi connectivity index (χ1n) is 7.06. The normalized spacial score (nSPS) is 20.5. The van der Waals surface area contributed by atoms with E-state index in [0.717, 1.165) is 23.6 Å². The van der Waals surface area contributed by atoms with Crippen LogP contribution in [0.1, 0.15) is 30.5 Å². The number of rotatable bonds is 4. The topological polar surface area (TPSA) is 53.3 Å². The lowest BCUT2D eigenvalue weighted by atomic mass is 10.0. The molecular formula is C16H20N2O2S. The third-order valence-electron chi connectivity index (χ3n) is 3.90. The Hall–Kier alpha value is -1.51. The van der Waals surface area contributed by atoms with Gasteiger partial charge in [0.1, 0.15) is 0 Å². The summed E-state index contributed by atoms with van der Waals surface area (Å²) in [5, 5.41) is 9.03. The molecule has 2 atom stereocenters. The molecule has 21 heavy (non-hydrogen) atoms. The highest BCUT2D eigenvalue weighted by Gasteiger charge is 2.29. The zero-order valence-corrected chi connectivity index (χ0v) is 13.2. The first-order chi connectivity index (χ1) is 10.2. The standard InChI is InChI=1S/C16H20N2O2S/c1-12(14-5-3-4-13(8-14)10-17)18-6-7-21-11-15(18)9-16(19)20-2/h3-5,8,12,15H,6-7,9,11H2,1-2H3/t12-,15-/m1/s1. The maximum atomic E-state index is 11.6. The van der Waals surface area contributed by atoms with Crippen molar-refractivity contribution < 1.29 is 9.53 Å². The molecular weight excluding hydrogens is 284 g/mol. The molecule has 1 fully saturated rings. The Balaban J connectivity index is 2.15. The molecule has 1 aromatic carbocycles. The zero-order valence-electron chi connectivity index (χ0n) is 12.4. The number of methoxy groups -OCH3 is 1.